The molecule has 3 nitrogen and oxygen atoms in total. The largest absolute Gasteiger partial charge is 0.497 e. The van der Waals surface area contributed by atoms with Crippen molar-refractivity contribution in [1.29, 1.82) is 0 Å². The molecule has 0 aliphatic carbocycles. The van der Waals surface area contributed by atoms with Gasteiger partial charge in [-0.3, -0.25) is 4.79 Å². The third-order valence-corrected chi connectivity index (χ3v) is 5.24. The van der Waals surface area contributed by atoms with Gasteiger partial charge in [0.15, 0.2) is 5.78 Å². The van der Waals surface area contributed by atoms with Crippen molar-refractivity contribution in [2.75, 3.05) is 7.11 Å². The summed E-state index contributed by atoms with van der Waals surface area (Å²) in [4.78, 5) is 13.8. The Hall–Kier alpha value is -2.43. The molecule has 0 saturated heterocycles. The van der Waals surface area contributed by atoms with E-state index < -0.39 is 6.10 Å². The molecule has 1 aromatic heterocycles. The van der Waals surface area contributed by atoms with E-state index in [2.05, 4.69) is 0 Å². The van der Waals surface area contributed by atoms with Gasteiger partial charge in [-0.15, -0.1) is 11.3 Å². The van der Waals surface area contributed by atoms with Gasteiger partial charge in [0.05, 0.1) is 7.11 Å². The van der Waals surface area contributed by atoms with E-state index in [4.69, 9.17) is 4.74 Å². The summed E-state index contributed by atoms with van der Waals surface area (Å²) in [6.07, 6.45) is -0.475. The van der Waals surface area contributed by atoms with Crippen molar-refractivity contribution in [1.82, 2.24) is 0 Å². The number of hydrogen-bond acceptors (Lipinski definition) is 4. The van der Waals surface area contributed by atoms with Crippen LogP contribution in [0.1, 0.15) is 26.7 Å². The molecule has 0 radical (unpaired) electrons. The number of thiophene rings is 1. The molecule has 0 fully saturated rings. The highest BCUT2D eigenvalue weighted by Gasteiger charge is 2.29. The van der Waals surface area contributed by atoms with Gasteiger partial charge in [0.2, 0.25) is 0 Å². The first-order valence-corrected chi connectivity index (χ1v) is 9.00. The maximum atomic E-state index is 12.8. The molecule has 2 atom stereocenters. The van der Waals surface area contributed by atoms with Crippen LogP contribution in [0.15, 0.2) is 72.1 Å². The molecule has 25 heavy (non-hydrogen) atoms. The molecule has 3 rings (SSSR count). The van der Waals surface area contributed by atoms with Crippen molar-refractivity contribution < 1.29 is 14.6 Å². The Kier molecular flexibility index (Phi) is 5.64. The summed E-state index contributed by atoms with van der Waals surface area (Å²) in [7, 11) is 1.58. The summed E-state index contributed by atoms with van der Waals surface area (Å²) in [5, 5.41) is 12.8. The predicted octanol–water partition coefficient (Wildman–Crippen LogP) is 4.33. The lowest BCUT2D eigenvalue weighted by atomic mass is 9.88. The number of Topliss-reactive ketones (excluding diaryl/α,β-unsaturated/α-hetero) is 1. The van der Waals surface area contributed by atoms with Gasteiger partial charge in [-0.05, 0) is 47.7 Å². The molecule has 3 aromatic rings. The molecule has 2 unspecified atom stereocenters. The Morgan fingerprint density at radius 1 is 1.04 bits per heavy atom. The zero-order valence-electron chi connectivity index (χ0n) is 14.0. The molecule has 0 saturated carbocycles. The van der Waals surface area contributed by atoms with Crippen LogP contribution in [0.2, 0.25) is 0 Å². The Labute approximate surface area is 151 Å². The van der Waals surface area contributed by atoms with E-state index in [0.717, 1.165) is 10.4 Å². The Morgan fingerprint density at radius 3 is 2.36 bits per heavy atom. The first-order valence-electron chi connectivity index (χ1n) is 8.12. The Balaban J connectivity index is 1.85. The number of carbonyl (C=O) groups is 1. The second-order valence-electron chi connectivity index (χ2n) is 5.85. The van der Waals surface area contributed by atoms with Crippen molar-refractivity contribution >= 4 is 17.1 Å². The number of aliphatic hydroxyl groups excluding tert-OH is 1. The Morgan fingerprint density at radius 2 is 1.76 bits per heavy atom. The quantitative estimate of drug-likeness (QED) is 0.644. The van der Waals surface area contributed by atoms with E-state index in [-0.39, 0.29) is 11.7 Å². The molecule has 0 aliphatic rings. The maximum Gasteiger partial charge on any atom is 0.191 e. The fourth-order valence-corrected chi connectivity index (χ4v) is 3.71. The lowest BCUT2D eigenvalue weighted by molar-refractivity contribution is 0.0690. The van der Waals surface area contributed by atoms with E-state index in [0.29, 0.717) is 17.7 Å². The van der Waals surface area contributed by atoms with Crippen molar-refractivity contribution in [2.24, 2.45) is 0 Å². The summed E-state index contributed by atoms with van der Waals surface area (Å²) in [6, 6.07) is 20.7. The van der Waals surface area contributed by atoms with Crippen LogP contribution >= 0.6 is 11.3 Å². The van der Waals surface area contributed by atoms with Gasteiger partial charge in [0, 0.05) is 16.4 Å². The summed E-state index contributed by atoms with van der Waals surface area (Å²) < 4.78 is 5.12. The van der Waals surface area contributed by atoms with E-state index >= 15 is 0 Å². The fraction of sp³-hybridized carbons (Fsp3) is 0.190. The number of ether oxygens (including phenoxy) is 1. The van der Waals surface area contributed by atoms with Gasteiger partial charge in [-0.1, -0.05) is 36.4 Å². The smallest absolute Gasteiger partial charge is 0.191 e. The van der Waals surface area contributed by atoms with Crippen molar-refractivity contribution in [3.63, 3.8) is 0 Å². The summed E-state index contributed by atoms with van der Waals surface area (Å²) in [5.74, 6) is 0.152. The highest BCUT2D eigenvalue weighted by molar-refractivity contribution is 7.10. The van der Waals surface area contributed by atoms with Gasteiger partial charge in [0.1, 0.15) is 11.9 Å². The lowest BCUT2D eigenvalue weighted by Crippen LogP contribution is -2.29. The first kappa shape index (κ1) is 17.4. The van der Waals surface area contributed by atoms with E-state index in [1.165, 1.54) is 0 Å². The number of hydrogen-bond donors (Lipinski definition) is 1. The Bertz CT molecular complexity index is 795. The predicted molar refractivity (Wildman–Crippen MR) is 101 cm³/mol. The third-order valence-electron chi connectivity index (χ3n) is 4.23. The van der Waals surface area contributed by atoms with Crippen LogP contribution in [0.4, 0.5) is 0 Å². The van der Waals surface area contributed by atoms with E-state index in [1.54, 1.807) is 42.7 Å². The summed E-state index contributed by atoms with van der Waals surface area (Å²) in [5.41, 5.74) is 1.59. The first-order chi connectivity index (χ1) is 12.2. The third kappa shape index (κ3) is 4.16. The minimum absolute atomic E-state index is 0.267. The van der Waals surface area contributed by atoms with Crippen molar-refractivity contribution in [2.45, 2.75) is 18.4 Å². The number of benzene rings is 2. The van der Waals surface area contributed by atoms with Crippen LogP contribution in [0.5, 0.6) is 5.75 Å². The minimum Gasteiger partial charge on any atom is -0.497 e. The highest BCUT2D eigenvalue weighted by Crippen LogP contribution is 2.30. The molecule has 0 spiro atoms. The SMILES string of the molecule is COc1ccc(C(=O)C(O)C(Cc2ccccc2)c2cccs2)cc1. The topological polar surface area (TPSA) is 46.5 Å². The second kappa shape index (κ2) is 8.10. The monoisotopic (exact) mass is 352 g/mol. The normalized spacial score (nSPS) is 13.2. The lowest BCUT2D eigenvalue weighted by Gasteiger charge is -2.21. The highest BCUT2D eigenvalue weighted by atomic mass is 32.1. The zero-order valence-corrected chi connectivity index (χ0v) is 14.8. The number of carbonyl (C=O) groups excluding carboxylic acids is 1. The molecule has 0 amide bonds. The van der Waals surface area contributed by atoms with Gasteiger partial charge in [0.25, 0.3) is 0 Å². The maximum absolute atomic E-state index is 12.8. The molecule has 0 bridgehead atoms. The van der Waals surface area contributed by atoms with Gasteiger partial charge < -0.3 is 9.84 Å². The van der Waals surface area contributed by atoms with Gasteiger partial charge >= 0.3 is 0 Å². The number of rotatable bonds is 7. The van der Waals surface area contributed by atoms with Crippen LogP contribution in [0.3, 0.4) is 0 Å². The average molecular weight is 352 g/mol. The van der Waals surface area contributed by atoms with Crippen LogP contribution in [-0.2, 0) is 6.42 Å². The molecule has 2 aromatic carbocycles. The average Bonchev–Trinajstić information content (AvgIpc) is 3.20. The van der Waals surface area contributed by atoms with Crippen molar-refractivity contribution in [3.05, 3.63) is 88.1 Å². The fourth-order valence-electron chi connectivity index (χ4n) is 2.85. The number of methoxy groups -OCH3 is 1. The van der Waals surface area contributed by atoms with Gasteiger partial charge in [-0.2, -0.15) is 0 Å². The number of ketones is 1. The minimum atomic E-state index is -1.09. The molecule has 128 valence electrons. The van der Waals surface area contributed by atoms with E-state index in [1.807, 2.05) is 47.8 Å². The summed E-state index contributed by atoms with van der Waals surface area (Å²) >= 11 is 1.57. The molecule has 1 N–H and O–H groups in total. The molecule has 4 heteroatoms. The van der Waals surface area contributed by atoms with E-state index in [9.17, 15) is 9.90 Å². The second-order valence-corrected chi connectivity index (χ2v) is 6.83. The zero-order chi connectivity index (χ0) is 17.6. The molecule has 0 aliphatic heterocycles. The van der Waals surface area contributed by atoms with Crippen LogP contribution in [-0.4, -0.2) is 24.1 Å². The molecular formula is C21H20O3S. The van der Waals surface area contributed by atoms with Gasteiger partial charge in [-0.25, -0.2) is 0 Å². The van der Waals surface area contributed by atoms with Crippen LogP contribution < -0.4 is 4.74 Å². The van der Waals surface area contributed by atoms with Crippen LogP contribution in [0.25, 0.3) is 0 Å². The van der Waals surface area contributed by atoms with Crippen LogP contribution in [0, 0.1) is 0 Å². The standard InChI is InChI=1S/C21H20O3S/c1-24-17-11-9-16(10-12-17)20(22)21(23)18(19-8-5-13-25-19)14-15-6-3-2-4-7-15/h2-13,18,21,23H,14H2,1H3. The van der Waals surface area contributed by atoms with Crippen molar-refractivity contribution in [3.8, 4) is 5.75 Å². The molecule has 1 heterocycles. The number of aliphatic hydroxyl groups is 1. The summed E-state index contributed by atoms with van der Waals surface area (Å²) in [6.45, 7) is 0. The molecular weight excluding hydrogens is 332 g/mol.